The highest BCUT2D eigenvalue weighted by Gasteiger charge is 2.28. The molecule has 7 heteroatoms. The molecular formula is C25H25FN6. The van der Waals surface area contributed by atoms with Gasteiger partial charge in [-0.05, 0) is 52.9 Å². The maximum atomic E-state index is 14.0. The average Bonchev–Trinajstić information content (AvgIpc) is 3.47. The summed E-state index contributed by atoms with van der Waals surface area (Å²) in [6, 6.07) is 21.5. The fraction of sp³-hybridized carbons (Fsp3) is 0.240. The van der Waals surface area contributed by atoms with Crippen LogP contribution in [0, 0.1) is 5.82 Å². The van der Waals surface area contributed by atoms with E-state index in [2.05, 4.69) is 68.1 Å². The molecule has 0 saturated heterocycles. The van der Waals surface area contributed by atoms with Gasteiger partial charge in [-0.15, -0.1) is 10.2 Å². The zero-order chi connectivity index (χ0) is 21.9. The van der Waals surface area contributed by atoms with Crippen molar-refractivity contribution in [1.29, 1.82) is 0 Å². The Balaban J connectivity index is 1.41. The van der Waals surface area contributed by atoms with E-state index in [0.717, 1.165) is 47.3 Å². The monoisotopic (exact) mass is 428 g/mol. The van der Waals surface area contributed by atoms with E-state index in [4.69, 9.17) is 0 Å². The number of unbranched alkanes of at least 4 members (excludes halogenated alkanes) is 1. The molecule has 0 amide bonds. The van der Waals surface area contributed by atoms with Crippen molar-refractivity contribution in [3.05, 3.63) is 78.1 Å². The van der Waals surface area contributed by atoms with E-state index in [9.17, 15) is 4.39 Å². The van der Waals surface area contributed by atoms with Gasteiger partial charge in [0.1, 0.15) is 5.82 Å². The first kappa shape index (κ1) is 20.2. The van der Waals surface area contributed by atoms with Gasteiger partial charge in [-0.1, -0.05) is 61.9 Å². The summed E-state index contributed by atoms with van der Waals surface area (Å²) >= 11 is 0. The molecule has 0 aliphatic carbocycles. The Hall–Kier alpha value is -3.74. The van der Waals surface area contributed by atoms with Crippen molar-refractivity contribution in [2.24, 2.45) is 0 Å². The largest absolute Gasteiger partial charge is 0.363 e. The number of nitrogens with zero attached hydrogens (tertiary/aromatic N) is 4. The summed E-state index contributed by atoms with van der Waals surface area (Å²) < 4.78 is 14.0. The Morgan fingerprint density at radius 1 is 1.00 bits per heavy atom. The second-order valence-electron chi connectivity index (χ2n) is 8.07. The highest BCUT2D eigenvalue weighted by atomic mass is 19.1. The number of rotatable bonds is 7. The Labute approximate surface area is 186 Å². The lowest BCUT2D eigenvalue weighted by Gasteiger charge is -2.27. The van der Waals surface area contributed by atoms with E-state index in [-0.39, 0.29) is 12.0 Å². The summed E-state index contributed by atoms with van der Waals surface area (Å²) in [5, 5.41) is 18.0. The van der Waals surface area contributed by atoms with Crippen LogP contribution < -0.4 is 10.2 Å². The molecule has 1 aromatic heterocycles. The standard InChI is InChI=1S/C25H25FN6/c1-2-3-8-24-27-22-14-13-19(26)15-23(22)32(24)16-17-9-11-18(12-10-17)20-6-4-5-7-21(20)25-28-30-31-29-25/h4-7,9-15,24,27H,2-3,8,16H2,1H3,(H,28,29,30,31). The van der Waals surface area contributed by atoms with Crippen LogP contribution >= 0.6 is 0 Å². The van der Waals surface area contributed by atoms with Gasteiger partial charge in [0.05, 0.1) is 17.5 Å². The topological polar surface area (TPSA) is 69.7 Å². The fourth-order valence-electron chi connectivity index (χ4n) is 4.30. The minimum Gasteiger partial charge on any atom is -0.363 e. The van der Waals surface area contributed by atoms with E-state index in [0.29, 0.717) is 12.4 Å². The first-order valence-corrected chi connectivity index (χ1v) is 11.0. The Morgan fingerprint density at radius 3 is 2.56 bits per heavy atom. The zero-order valence-electron chi connectivity index (χ0n) is 17.9. The number of H-pyrrole nitrogens is 1. The number of tetrazole rings is 1. The predicted molar refractivity (Wildman–Crippen MR) is 125 cm³/mol. The van der Waals surface area contributed by atoms with Gasteiger partial charge in [0, 0.05) is 12.1 Å². The molecule has 0 fully saturated rings. The van der Waals surface area contributed by atoms with Crippen molar-refractivity contribution in [1.82, 2.24) is 20.6 Å². The maximum absolute atomic E-state index is 14.0. The van der Waals surface area contributed by atoms with Crippen molar-refractivity contribution in [3.8, 4) is 22.5 Å². The molecular weight excluding hydrogens is 403 g/mol. The van der Waals surface area contributed by atoms with Gasteiger partial charge in [0.2, 0.25) is 5.82 Å². The number of aromatic nitrogens is 4. The molecule has 2 heterocycles. The number of nitrogens with one attached hydrogen (secondary N) is 2. The van der Waals surface area contributed by atoms with Crippen molar-refractivity contribution < 1.29 is 4.39 Å². The van der Waals surface area contributed by atoms with Crippen LogP contribution in [0.4, 0.5) is 15.8 Å². The van der Waals surface area contributed by atoms with Gasteiger partial charge in [0.25, 0.3) is 0 Å². The van der Waals surface area contributed by atoms with Crippen LogP contribution in [0.15, 0.2) is 66.7 Å². The third-order valence-electron chi connectivity index (χ3n) is 5.93. The van der Waals surface area contributed by atoms with Gasteiger partial charge < -0.3 is 10.2 Å². The lowest BCUT2D eigenvalue weighted by Crippen LogP contribution is -2.35. The minimum absolute atomic E-state index is 0.172. The molecule has 1 aliphatic heterocycles. The van der Waals surface area contributed by atoms with E-state index in [1.165, 1.54) is 11.6 Å². The molecule has 162 valence electrons. The molecule has 32 heavy (non-hydrogen) atoms. The first-order chi connectivity index (χ1) is 15.7. The number of anilines is 2. The molecule has 4 aromatic rings. The SMILES string of the molecule is CCCCC1Nc2ccc(F)cc2N1Cc1ccc(-c2ccccc2-c2nn[nH]n2)cc1. The van der Waals surface area contributed by atoms with Gasteiger partial charge >= 0.3 is 0 Å². The highest BCUT2D eigenvalue weighted by Crippen LogP contribution is 2.38. The first-order valence-electron chi connectivity index (χ1n) is 11.0. The number of halogens is 1. The Kier molecular flexibility index (Phi) is 5.54. The van der Waals surface area contributed by atoms with Crippen molar-refractivity contribution in [3.63, 3.8) is 0 Å². The molecule has 3 aromatic carbocycles. The zero-order valence-corrected chi connectivity index (χ0v) is 17.9. The summed E-state index contributed by atoms with van der Waals surface area (Å²) in [5.41, 5.74) is 6.17. The minimum atomic E-state index is -0.208. The van der Waals surface area contributed by atoms with Crippen LogP contribution in [-0.4, -0.2) is 26.8 Å². The van der Waals surface area contributed by atoms with Crippen molar-refractivity contribution in [2.75, 3.05) is 10.2 Å². The molecule has 0 spiro atoms. The van der Waals surface area contributed by atoms with E-state index in [1.807, 2.05) is 24.3 Å². The molecule has 6 nitrogen and oxygen atoms in total. The molecule has 0 radical (unpaired) electrons. The number of hydrogen-bond acceptors (Lipinski definition) is 5. The normalized spacial score (nSPS) is 14.9. The van der Waals surface area contributed by atoms with Crippen molar-refractivity contribution in [2.45, 2.75) is 38.9 Å². The second kappa shape index (κ2) is 8.78. The average molecular weight is 429 g/mol. The van der Waals surface area contributed by atoms with Crippen LogP contribution in [0.25, 0.3) is 22.5 Å². The summed E-state index contributed by atoms with van der Waals surface area (Å²) in [6.07, 6.45) is 3.44. The molecule has 0 bridgehead atoms. The summed E-state index contributed by atoms with van der Waals surface area (Å²) in [5.74, 6) is 0.366. The van der Waals surface area contributed by atoms with Crippen LogP contribution in [0.3, 0.4) is 0 Å². The molecule has 1 atom stereocenters. The highest BCUT2D eigenvalue weighted by molar-refractivity contribution is 5.80. The number of fused-ring (bicyclic) bond motifs is 1. The molecule has 2 N–H and O–H groups in total. The third kappa shape index (κ3) is 3.93. The van der Waals surface area contributed by atoms with Crippen LogP contribution in [0.2, 0.25) is 0 Å². The molecule has 1 aliphatic rings. The summed E-state index contributed by atoms with van der Waals surface area (Å²) in [7, 11) is 0. The quantitative estimate of drug-likeness (QED) is 0.400. The van der Waals surface area contributed by atoms with Gasteiger partial charge in [-0.3, -0.25) is 0 Å². The Bertz CT molecular complexity index is 1190. The van der Waals surface area contributed by atoms with Crippen LogP contribution in [0.5, 0.6) is 0 Å². The molecule has 5 rings (SSSR count). The second-order valence-corrected chi connectivity index (χ2v) is 8.07. The molecule has 1 unspecified atom stereocenters. The van der Waals surface area contributed by atoms with Crippen LogP contribution in [0.1, 0.15) is 31.7 Å². The third-order valence-corrected chi connectivity index (χ3v) is 5.93. The fourth-order valence-corrected chi connectivity index (χ4v) is 4.30. The van der Waals surface area contributed by atoms with Gasteiger partial charge in [-0.25, -0.2) is 4.39 Å². The summed E-state index contributed by atoms with van der Waals surface area (Å²) in [4.78, 5) is 2.27. The maximum Gasteiger partial charge on any atom is 0.205 e. The van der Waals surface area contributed by atoms with Gasteiger partial charge in [0.15, 0.2) is 0 Å². The summed E-state index contributed by atoms with van der Waals surface area (Å²) in [6.45, 7) is 2.90. The molecule has 0 saturated carbocycles. The lowest BCUT2D eigenvalue weighted by molar-refractivity contribution is 0.582. The van der Waals surface area contributed by atoms with E-state index in [1.54, 1.807) is 6.07 Å². The Morgan fingerprint density at radius 2 is 1.81 bits per heavy atom. The number of hydrogen-bond donors (Lipinski definition) is 2. The number of benzene rings is 3. The van der Waals surface area contributed by atoms with Crippen LogP contribution in [-0.2, 0) is 6.54 Å². The van der Waals surface area contributed by atoms with Crippen molar-refractivity contribution >= 4 is 11.4 Å². The van der Waals surface area contributed by atoms with Gasteiger partial charge in [-0.2, -0.15) is 5.21 Å². The lowest BCUT2D eigenvalue weighted by atomic mass is 9.98. The predicted octanol–water partition coefficient (Wildman–Crippen LogP) is 5.62. The smallest absolute Gasteiger partial charge is 0.205 e. The number of aromatic amines is 1. The van der Waals surface area contributed by atoms with E-state index < -0.39 is 0 Å². The van der Waals surface area contributed by atoms with E-state index >= 15 is 0 Å².